The Morgan fingerprint density at radius 1 is 1.09 bits per heavy atom. The average molecular weight is 466 g/mol. The van der Waals surface area contributed by atoms with Crippen molar-refractivity contribution in [3.8, 4) is 0 Å². The van der Waals surface area contributed by atoms with Gasteiger partial charge in [0.15, 0.2) is 6.61 Å². The van der Waals surface area contributed by atoms with E-state index in [0.29, 0.717) is 34.3 Å². The molecule has 2 aromatic heterocycles. The van der Waals surface area contributed by atoms with E-state index in [1.165, 1.54) is 12.1 Å². The Bertz CT molecular complexity index is 1350. The number of aryl methyl sites for hydroxylation is 2. The molecule has 9 heteroatoms. The van der Waals surface area contributed by atoms with E-state index < -0.39 is 24.3 Å². The van der Waals surface area contributed by atoms with Crippen molar-refractivity contribution in [2.24, 2.45) is 0 Å². The number of carbonyl (C=O) groups excluding carboxylic acids is 3. The van der Waals surface area contributed by atoms with Crippen molar-refractivity contribution in [3.05, 3.63) is 62.5 Å². The van der Waals surface area contributed by atoms with E-state index in [-0.39, 0.29) is 23.4 Å². The summed E-state index contributed by atoms with van der Waals surface area (Å²) in [6.45, 7) is 5.39. The second kappa shape index (κ2) is 9.62. The van der Waals surface area contributed by atoms with Crippen LogP contribution in [0.1, 0.15) is 74.5 Å². The van der Waals surface area contributed by atoms with Gasteiger partial charge >= 0.3 is 11.9 Å². The number of H-pyrrole nitrogens is 1. The quantitative estimate of drug-likeness (QED) is 0.438. The van der Waals surface area contributed by atoms with Crippen LogP contribution in [0.15, 0.2) is 23.0 Å². The molecule has 3 heterocycles. The average Bonchev–Trinajstić information content (AvgIpc) is 2.97. The highest BCUT2D eigenvalue weighted by atomic mass is 16.5. The zero-order chi connectivity index (χ0) is 24.4. The minimum absolute atomic E-state index is 0.104. The summed E-state index contributed by atoms with van der Waals surface area (Å²) < 4.78 is 12.0. The monoisotopic (exact) mass is 465 g/mol. The minimum Gasteiger partial charge on any atom is -0.461 e. The van der Waals surface area contributed by atoms with E-state index in [2.05, 4.69) is 9.97 Å². The summed E-state index contributed by atoms with van der Waals surface area (Å²) in [5, 5.41) is 0.448. The second-order valence-electron chi connectivity index (χ2n) is 8.37. The predicted octanol–water partition coefficient (Wildman–Crippen LogP) is 3.28. The second-order valence-corrected chi connectivity index (χ2v) is 8.37. The number of carbonyl (C=O) groups is 3. The van der Waals surface area contributed by atoms with E-state index >= 15 is 0 Å². The highest BCUT2D eigenvalue weighted by Gasteiger charge is 2.24. The Morgan fingerprint density at radius 3 is 2.65 bits per heavy atom. The Balaban J connectivity index is 1.52. The molecule has 0 fully saturated rings. The largest absolute Gasteiger partial charge is 0.461 e. The molecule has 0 saturated heterocycles. The Labute approximate surface area is 196 Å². The first-order chi connectivity index (χ1) is 16.3. The molecule has 1 aliphatic rings. The molecule has 0 unspecified atom stereocenters. The van der Waals surface area contributed by atoms with Gasteiger partial charge in [-0.2, -0.15) is 0 Å². The van der Waals surface area contributed by atoms with Gasteiger partial charge in [0.1, 0.15) is 11.5 Å². The number of benzene rings is 1. The zero-order valence-corrected chi connectivity index (χ0v) is 19.5. The van der Waals surface area contributed by atoms with Crippen LogP contribution in [0.3, 0.4) is 0 Å². The van der Waals surface area contributed by atoms with Gasteiger partial charge in [0.2, 0.25) is 5.78 Å². The van der Waals surface area contributed by atoms with Gasteiger partial charge in [0, 0.05) is 24.2 Å². The molecule has 9 nitrogen and oxygen atoms in total. The molecule has 1 N–H and O–H groups in total. The van der Waals surface area contributed by atoms with Crippen molar-refractivity contribution in [2.45, 2.75) is 53.0 Å². The lowest BCUT2D eigenvalue weighted by Crippen LogP contribution is -2.24. The SMILES string of the molecule is CCOC(=O)c1[nH]c(C)c(C(=O)COC(=O)c2ccc3c(=O)n4c(nc3c2)CCCCC4)c1C. The minimum atomic E-state index is -0.691. The maximum atomic E-state index is 12.9. The maximum absolute atomic E-state index is 12.9. The van der Waals surface area contributed by atoms with Crippen LogP contribution in [-0.4, -0.2) is 45.5 Å². The van der Waals surface area contributed by atoms with Crippen molar-refractivity contribution in [2.75, 3.05) is 13.2 Å². The molecule has 34 heavy (non-hydrogen) atoms. The summed E-state index contributed by atoms with van der Waals surface area (Å²) in [7, 11) is 0. The van der Waals surface area contributed by atoms with E-state index in [4.69, 9.17) is 9.47 Å². The summed E-state index contributed by atoms with van der Waals surface area (Å²) >= 11 is 0. The molecule has 0 aliphatic carbocycles. The normalized spacial score (nSPS) is 13.3. The number of Topliss-reactive ketones (excluding diaryl/α,β-unsaturated/α-hetero) is 1. The summed E-state index contributed by atoms with van der Waals surface area (Å²) in [5.74, 6) is -0.940. The molecule has 1 aromatic carbocycles. The molecular weight excluding hydrogens is 438 g/mol. The molecule has 0 amide bonds. The van der Waals surface area contributed by atoms with Gasteiger partial charge in [-0.1, -0.05) is 6.42 Å². The number of hydrogen-bond donors (Lipinski definition) is 1. The molecule has 4 rings (SSSR count). The topological polar surface area (TPSA) is 120 Å². The van der Waals surface area contributed by atoms with Gasteiger partial charge in [-0.25, -0.2) is 14.6 Å². The van der Waals surface area contributed by atoms with Crippen molar-refractivity contribution in [1.82, 2.24) is 14.5 Å². The first-order valence-electron chi connectivity index (χ1n) is 11.4. The first kappa shape index (κ1) is 23.4. The number of aromatic amines is 1. The molecule has 0 radical (unpaired) electrons. The van der Waals surface area contributed by atoms with Crippen LogP contribution in [0.5, 0.6) is 0 Å². The Hall–Kier alpha value is -3.75. The third-order valence-electron chi connectivity index (χ3n) is 6.08. The predicted molar refractivity (Wildman–Crippen MR) is 124 cm³/mol. The fourth-order valence-corrected chi connectivity index (χ4v) is 4.41. The lowest BCUT2D eigenvalue weighted by atomic mass is 10.1. The summed E-state index contributed by atoms with van der Waals surface area (Å²) in [6, 6.07) is 4.61. The standard InChI is InChI=1S/C25H27N3O6/c1-4-33-25(32)22-14(2)21(15(3)26-22)19(29)13-34-24(31)16-9-10-17-18(12-16)27-20-8-6-5-7-11-28(20)23(17)30/h9-10,12,26H,4-8,11,13H2,1-3H3. The number of ether oxygens (including phenoxy) is 2. The number of esters is 2. The number of fused-ring (bicyclic) bond motifs is 2. The van der Waals surface area contributed by atoms with Gasteiger partial charge < -0.3 is 14.5 Å². The third kappa shape index (κ3) is 4.37. The van der Waals surface area contributed by atoms with Gasteiger partial charge in [0.05, 0.1) is 23.1 Å². The number of aromatic nitrogens is 3. The van der Waals surface area contributed by atoms with Crippen LogP contribution in [0.25, 0.3) is 10.9 Å². The van der Waals surface area contributed by atoms with Gasteiger partial charge in [-0.15, -0.1) is 0 Å². The van der Waals surface area contributed by atoms with Gasteiger partial charge in [0.25, 0.3) is 5.56 Å². The highest BCUT2D eigenvalue weighted by molar-refractivity contribution is 6.04. The zero-order valence-electron chi connectivity index (χ0n) is 19.5. The number of rotatable bonds is 6. The van der Waals surface area contributed by atoms with Gasteiger partial charge in [-0.3, -0.25) is 14.2 Å². The van der Waals surface area contributed by atoms with Crippen LogP contribution < -0.4 is 5.56 Å². The summed E-state index contributed by atoms with van der Waals surface area (Å²) in [5.41, 5.74) is 2.00. The number of nitrogens with one attached hydrogen (secondary N) is 1. The fourth-order valence-electron chi connectivity index (χ4n) is 4.41. The lowest BCUT2D eigenvalue weighted by Gasteiger charge is -2.11. The molecular formula is C25H27N3O6. The van der Waals surface area contributed by atoms with Crippen LogP contribution in [0, 0.1) is 13.8 Å². The van der Waals surface area contributed by atoms with Crippen LogP contribution in [0.2, 0.25) is 0 Å². The van der Waals surface area contributed by atoms with Crippen LogP contribution in [0.4, 0.5) is 0 Å². The van der Waals surface area contributed by atoms with E-state index in [9.17, 15) is 19.2 Å². The number of nitrogens with zero attached hydrogens (tertiary/aromatic N) is 2. The van der Waals surface area contributed by atoms with E-state index in [0.717, 1.165) is 31.5 Å². The third-order valence-corrected chi connectivity index (χ3v) is 6.08. The molecule has 0 saturated carbocycles. The summed E-state index contributed by atoms with van der Waals surface area (Å²) in [6.07, 6.45) is 3.68. The van der Waals surface area contributed by atoms with Gasteiger partial charge in [-0.05, 0) is 57.4 Å². The van der Waals surface area contributed by atoms with E-state index in [1.54, 1.807) is 31.4 Å². The maximum Gasteiger partial charge on any atom is 0.355 e. The molecule has 1 aliphatic heterocycles. The Morgan fingerprint density at radius 2 is 1.88 bits per heavy atom. The van der Waals surface area contributed by atoms with Crippen molar-refractivity contribution >= 4 is 28.6 Å². The van der Waals surface area contributed by atoms with Crippen molar-refractivity contribution < 1.29 is 23.9 Å². The van der Waals surface area contributed by atoms with E-state index in [1.807, 2.05) is 0 Å². The van der Waals surface area contributed by atoms with Crippen molar-refractivity contribution in [1.29, 1.82) is 0 Å². The van der Waals surface area contributed by atoms with Crippen molar-refractivity contribution in [3.63, 3.8) is 0 Å². The molecule has 3 aromatic rings. The Kier molecular flexibility index (Phi) is 6.63. The highest BCUT2D eigenvalue weighted by Crippen LogP contribution is 2.20. The van der Waals surface area contributed by atoms with Crippen LogP contribution >= 0.6 is 0 Å². The fraction of sp³-hybridized carbons (Fsp3) is 0.400. The summed E-state index contributed by atoms with van der Waals surface area (Å²) in [4.78, 5) is 57.8. The molecule has 0 bridgehead atoms. The number of hydrogen-bond acceptors (Lipinski definition) is 7. The van der Waals surface area contributed by atoms with Crippen LogP contribution in [-0.2, 0) is 22.4 Å². The number of ketones is 1. The molecule has 0 spiro atoms. The first-order valence-corrected chi connectivity index (χ1v) is 11.4. The lowest BCUT2D eigenvalue weighted by molar-refractivity contribution is 0.0473. The molecule has 178 valence electrons. The molecule has 0 atom stereocenters. The smallest absolute Gasteiger partial charge is 0.355 e.